The van der Waals surface area contributed by atoms with Gasteiger partial charge in [0.2, 0.25) is 12.8 Å². The lowest BCUT2D eigenvalue weighted by molar-refractivity contribution is 0.106. The smallest absolute Gasteiger partial charge is 0.321 e. The third kappa shape index (κ3) is 7.53. The lowest BCUT2D eigenvalue weighted by atomic mass is 10.0. The van der Waals surface area contributed by atoms with Crippen LogP contribution in [0.2, 0.25) is 0 Å². The van der Waals surface area contributed by atoms with E-state index in [4.69, 9.17) is 9.05 Å². The molecule has 0 bridgehead atoms. The first-order chi connectivity index (χ1) is 21.4. The first kappa shape index (κ1) is 34.9. The molecule has 0 spiro atoms. The Labute approximate surface area is 268 Å². The summed E-state index contributed by atoms with van der Waals surface area (Å²) in [7, 11) is -8.16. The van der Waals surface area contributed by atoms with Gasteiger partial charge in [-0.2, -0.15) is 0 Å². The third-order valence-corrected chi connectivity index (χ3v) is 13.9. The zero-order chi connectivity index (χ0) is 32.8. The molecule has 7 nitrogen and oxygen atoms in total. The van der Waals surface area contributed by atoms with Crippen molar-refractivity contribution in [1.29, 1.82) is 0 Å². The minimum atomic E-state index is -4.02. The average Bonchev–Trinajstić information content (AvgIpc) is 2.99. The van der Waals surface area contributed by atoms with E-state index in [1.165, 1.54) is 0 Å². The average molecular weight is 664 g/mol. The second-order valence-electron chi connectivity index (χ2n) is 11.3. The van der Waals surface area contributed by atoms with Crippen molar-refractivity contribution < 1.29 is 27.5 Å². The second-order valence-corrected chi connectivity index (χ2v) is 16.7. The van der Waals surface area contributed by atoms with E-state index in [0.29, 0.717) is 21.5 Å². The minimum Gasteiger partial charge on any atom is -0.321 e. The Morgan fingerprint density at radius 2 is 1.16 bits per heavy atom. The van der Waals surface area contributed by atoms with Gasteiger partial charge in [-0.15, -0.1) is 0 Å². The highest BCUT2D eigenvalue weighted by atomic mass is 31.2. The van der Waals surface area contributed by atoms with Crippen molar-refractivity contribution in [3.8, 4) is 0 Å². The second kappa shape index (κ2) is 15.1. The summed E-state index contributed by atoms with van der Waals surface area (Å²) < 4.78 is 54.6. The van der Waals surface area contributed by atoms with Gasteiger partial charge >= 0.3 is 8.69 Å². The molecule has 4 aromatic carbocycles. The normalized spacial score (nSPS) is 14.3. The van der Waals surface area contributed by atoms with E-state index in [2.05, 4.69) is 0 Å². The fraction of sp³-hybridized carbons (Fsp3) is 0.286. The summed E-state index contributed by atoms with van der Waals surface area (Å²) in [5.41, 5.74) is 5.15. The summed E-state index contributed by atoms with van der Waals surface area (Å²) in [4.78, 5) is 14.5. The van der Waals surface area contributed by atoms with Gasteiger partial charge in [-0.3, -0.25) is 18.4 Å². The standard InChI is InChI=1S/C35H40NO6P3/c1-25-21-27(3)33(28(4)22-25)35(37)44(39,31-13-9-7-10-14-31)36(17-19-41-43-38)18-20-42-45(40,32-15-11-8-12-16-32)34-29(5)23-26(2)24-30(34)6/h7-16,21-24H,17-20H2,1-6H3. The van der Waals surface area contributed by atoms with Crippen molar-refractivity contribution in [2.24, 2.45) is 0 Å². The monoisotopic (exact) mass is 663 g/mol. The van der Waals surface area contributed by atoms with Crippen molar-refractivity contribution >= 4 is 44.8 Å². The SMILES string of the molecule is Cc1cc(C)c(C(=O)P(=O)(c2ccccc2)N(CCOP=O)CCOP(=O)(c2ccccc2)c2c(C)cc(C)cc2C)c(C)c1. The Morgan fingerprint density at radius 1 is 0.689 bits per heavy atom. The predicted octanol–water partition coefficient (Wildman–Crippen LogP) is 7.75. The molecule has 2 unspecified atom stereocenters. The number of benzene rings is 4. The van der Waals surface area contributed by atoms with Crippen LogP contribution < -0.4 is 15.9 Å². The van der Waals surface area contributed by atoms with E-state index in [1.807, 2.05) is 84.0 Å². The Morgan fingerprint density at radius 3 is 1.67 bits per heavy atom. The van der Waals surface area contributed by atoms with Gasteiger partial charge in [-0.25, -0.2) is 9.24 Å². The van der Waals surface area contributed by atoms with E-state index in [-0.39, 0.29) is 26.3 Å². The van der Waals surface area contributed by atoms with Crippen LogP contribution in [0.25, 0.3) is 0 Å². The highest BCUT2D eigenvalue weighted by molar-refractivity contribution is 7.85. The first-order valence-corrected chi connectivity index (χ1v) is 18.8. The maximum Gasteiger partial charge on any atom is 0.327 e. The molecule has 4 aromatic rings. The maximum absolute atomic E-state index is 15.4. The van der Waals surface area contributed by atoms with E-state index < -0.39 is 28.9 Å². The number of hydrogen-bond acceptors (Lipinski definition) is 6. The molecule has 10 heteroatoms. The molecule has 0 aliphatic heterocycles. The molecule has 0 N–H and O–H groups in total. The van der Waals surface area contributed by atoms with Crippen LogP contribution in [0.4, 0.5) is 0 Å². The molecule has 0 saturated carbocycles. The summed E-state index contributed by atoms with van der Waals surface area (Å²) in [6.45, 7) is 11.4. The van der Waals surface area contributed by atoms with Crippen LogP contribution >= 0.6 is 23.3 Å². The fourth-order valence-electron chi connectivity index (χ4n) is 6.09. The van der Waals surface area contributed by atoms with Gasteiger partial charge in [0, 0.05) is 34.6 Å². The number of aryl methyl sites for hydroxylation is 6. The van der Waals surface area contributed by atoms with E-state index >= 15 is 4.57 Å². The van der Waals surface area contributed by atoms with Crippen molar-refractivity contribution in [2.75, 3.05) is 26.3 Å². The van der Waals surface area contributed by atoms with E-state index in [9.17, 15) is 13.9 Å². The number of carbonyl (C=O) groups is 1. The molecule has 0 fully saturated rings. The largest absolute Gasteiger partial charge is 0.327 e. The molecule has 0 radical (unpaired) electrons. The van der Waals surface area contributed by atoms with Crippen LogP contribution in [0.5, 0.6) is 0 Å². The molecule has 4 rings (SSSR count). The number of hydrogen-bond donors (Lipinski definition) is 0. The topological polar surface area (TPSA) is 90.0 Å². The van der Waals surface area contributed by atoms with E-state index in [0.717, 1.165) is 33.4 Å². The Kier molecular flexibility index (Phi) is 11.7. The first-order valence-electron chi connectivity index (χ1n) is 14.8. The van der Waals surface area contributed by atoms with Crippen molar-refractivity contribution in [3.05, 3.63) is 124 Å². The molecule has 2 atom stereocenters. The van der Waals surface area contributed by atoms with Gasteiger partial charge in [0.15, 0.2) is 0 Å². The lowest BCUT2D eigenvalue weighted by Gasteiger charge is -2.32. The van der Waals surface area contributed by atoms with Gasteiger partial charge in [0.05, 0.1) is 13.2 Å². The van der Waals surface area contributed by atoms with Crippen LogP contribution in [-0.4, -0.2) is 36.5 Å². The van der Waals surface area contributed by atoms with Crippen LogP contribution in [0, 0.1) is 41.5 Å². The van der Waals surface area contributed by atoms with Gasteiger partial charge in [-0.05, 0) is 88.1 Å². The molecule has 0 amide bonds. The molecule has 0 aromatic heterocycles. The summed E-state index contributed by atoms with van der Waals surface area (Å²) in [5.74, 6) is 0. The van der Waals surface area contributed by atoms with Gasteiger partial charge in [-0.1, -0.05) is 71.8 Å². The zero-order valence-corrected chi connectivity index (χ0v) is 29.3. The maximum atomic E-state index is 15.4. The van der Waals surface area contributed by atoms with Gasteiger partial charge in [0.25, 0.3) is 7.37 Å². The molecular formula is C35H40NO6P3. The minimum absolute atomic E-state index is 0.00174. The van der Waals surface area contributed by atoms with Crippen molar-refractivity contribution in [3.63, 3.8) is 0 Å². The summed E-state index contributed by atoms with van der Waals surface area (Å²) in [6.07, 6.45) is 0. The molecule has 0 aliphatic rings. The lowest BCUT2D eigenvalue weighted by Crippen LogP contribution is -2.36. The summed E-state index contributed by atoms with van der Waals surface area (Å²) in [6, 6.07) is 25.5. The van der Waals surface area contributed by atoms with Crippen molar-refractivity contribution in [2.45, 2.75) is 41.5 Å². The molecular weight excluding hydrogens is 623 g/mol. The van der Waals surface area contributed by atoms with Crippen LogP contribution in [-0.2, 0) is 22.7 Å². The van der Waals surface area contributed by atoms with Crippen LogP contribution in [0.3, 0.4) is 0 Å². The van der Waals surface area contributed by atoms with E-state index in [1.54, 1.807) is 47.1 Å². The number of nitrogens with zero attached hydrogens (tertiary/aromatic N) is 1. The third-order valence-electron chi connectivity index (χ3n) is 7.81. The summed E-state index contributed by atoms with van der Waals surface area (Å²) in [5, 5.41) is 1.55. The molecule has 0 aliphatic carbocycles. The highest BCUT2D eigenvalue weighted by Gasteiger charge is 2.42. The molecule has 0 saturated heterocycles. The molecule has 0 heterocycles. The highest BCUT2D eigenvalue weighted by Crippen LogP contribution is 2.53. The Hall–Kier alpha value is -3.01. The van der Waals surface area contributed by atoms with Crippen LogP contribution in [0.1, 0.15) is 43.7 Å². The quantitative estimate of drug-likeness (QED) is 0.101. The van der Waals surface area contributed by atoms with Gasteiger partial charge in [0.1, 0.15) is 0 Å². The Bertz CT molecular complexity index is 1730. The Balaban J connectivity index is 1.79. The fourth-order valence-corrected chi connectivity index (χ4v) is 11.5. The zero-order valence-electron chi connectivity index (χ0n) is 26.6. The van der Waals surface area contributed by atoms with Gasteiger partial charge < -0.3 is 4.52 Å². The predicted molar refractivity (Wildman–Crippen MR) is 184 cm³/mol. The molecule has 236 valence electrons. The number of rotatable bonds is 14. The van der Waals surface area contributed by atoms with Crippen LogP contribution in [0.15, 0.2) is 84.9 Å². The summed E-state index contributed by atoms with van der Waals surface area (Å²) >= 11 is 0. The molecule has 45 heavy (non-hydrogen) atoms. The number of carbonyl (C=O) groups excluding carboxylic acids is 1. The van der Waals surface area contributed by atoms with Crippen molar-refractivity contribution in [1.82, 2.24) is 4.67 Å².